The first-order chi connectivity index (χ1) is 8.15. The average molecular weight is 292 g/mol. The van der Waals surface area contributed by atoms with Gasteiger partial charge in [-0.05, 0) is 34.5 Å². The molecule has 2 aromatic rings. The van der Waals surface area contributed by atoms with Crippen molar-refractivity contribution in [2.24, 2.45) is 0 Å². The van der Waals surface area contributed by atoms with Gasteiger partial charge in [-0.2, -0.15) is 0 Å². The van der Waals surface area contributed by atoms with Gasteiger partial charge in [0.15, 0.2) is 5.78 Å². The highest BCUT2D eigenvalue weighted by atomic mass is 79.9. The van der Waals surface area contributed by atoms with Crippen LogP contribution in [0.2, 0.25) is 0 Å². The minimum atomic E-state index is -0.0580. The van der Waals surface area contributed by atoms with Crippen molar-refractivity contribution < 1.29 is 4.79 Å². The number of pyridine rings is 1. The highest BCUT2D eigenvalue weighted by molar-refractivity contribution is 9.10. The Morgan fingerprint density at radius 1 is 1.24 bits per heavy atom. The van der Waals surface area contributed by atoms with Crippen molar-refractivity contribution in [1.29, 1.82) is 0 Å². The topological polar surface area (TPSA) is 55.7 Å². The molecule has 2 heterocycles. The summed E-state index contributed by atoms with van der Waals surface area (Å²) in [6, 6.07) is 1.87. The molecule has 5 heteroatoms. The number of carbonyl (C=O) groups excluding carboxylic acids is 1. The van der Waals surface area contributed by atoms with Crippen LogP contribution < -0.4 is 0 Å². The van der Waals surface area contributed by atoms with E-state index in [4.69, 9.17) is 0 Å². The smallest absolute Gasteiger partial charge is 0.187 e. The van der Waals surface area contributed by atoms with E-state index in [1.807, 2.05) is 13.0 Å². The molecule has 0 N–H and O–H groups in total. The maximum atomic E-state index is 11.9. The number of rotatable bonds is 3. The molecule has 4 nitrogen and oxygen atoms in total. The number of carbonyl (C=O) groups is 1. The molecule has 0 radical (unpaired) electrons. The van der Waals surface area contributed by atoms with Gasteiger partial charge < -0.3 is 0 Å². The predicted octanol–water partition coefficient (Wildman–Crippen LogP) is 2.37. The van der Waals surface area contributed by atoms with Crippen LogP contribution in [0.3, 0.4) is 0 Å². The Morgan fingerprint density at radius 3 is 2.71 bits per heavy atom. The largest absolute Gasteiger partial charge is 0.292 e. The fraction of sp³-hybridized carbons (Fsp3) is 0.167. The lowest BCUT2D eigenvalue weighted by Crippen LogP contribution is -2.07. The van der Waals surface area contributed by atoms with Gasteiger partial charge in [0.1, 0.15) is 5.69 Å². The first-order valence-electron chi connectivity index (χ1n) is 5.06. The second kappa shape index (κ2) is 5.14. The maximum Gasteiger partial charge on any atom is 0.187 e. The Kier molecular flexibility index (Phi) is 3.58. The zero-order valence-corrected chi connectivity index (χ0v) is 10.8. The second-order valence-electron chi connectivity index (χ2n) is 3.65. The number of ketones is 1. The van der Waals surface area contributed by atoms with Crippen LogP contribution in [0, 0.1) is 6.92 Å². The second-order valence-corrected chi connectivity index (χ2v) is 4.57. The van der Waals surface area contributed by atoms with Crippen molar-refractivity contribution in [3.8, 4) is 0 Å². The van der Waals surface area contributed by atoms with Gasteiger partial charge in [-0.25, -0.2) is 4.98 Å². The lowest BCUT2D eigenvalue weighted by atomic mass is 10.1. The van der Waals surface area contributed by atoms with E-state index in [1.54, 1.807) is 18.6 Å². The molecule has 0 amide bonds. The summed E-state index contributed by atoms with van der Waals surface area (Å²) in [7, 11) is 0. The molecular weight excluding hydrogens is 282 g/mol. The van der Waals surface area contributed by atoms with E-state index in [0.717, 1.165) is 15.7 Å². The summed E-state index contributed by atoms with van der Waals surface area (Å²) in [6.07, 6.45) is 6.73. The van der Waals surface area contributed by atoms with E-state index in [9.17, 15) is 4.79 Å². The molecule has 2 aromatic heterocycles. The zero-order chi connectivity index (χ0) is 12.3. The standard InChI is InChI=1S/C12H10BrN3O/c1-8-4-16-11(7-15-8)12(17)3-9-2-10(13)6-14-5-9/h2,4-7H,3H2,1H3. The molecule has 0 unspecified atom stereocenters. The van der Waals surface area contributed by atoms with Crippen LogP contribution in [0.1, 0.15) is 21.7 Å². The van der Waals surface area contributed by atoms with Gasteiger partial charge in [-0.15, -0.1) is 0 Å². The molecule has 0 saturated heterocycles. The Hall–Kier alpha value is -1.62. The molecule has 0 bridgehead atoms. The number of Topliss-reactive ketones (excluding diaryl/α,β-unsaturated/α-hetero) is 1. The van der Waals surface area contributed by atoms with E-state index >= 15 is 0 Å². The summed E-state index contributed by atoms with van der Waals surface area (Å²) >= 11 is 3.32. The van der Waals surface area contributed by atoms with E-state index < -0.39 is 0 Å². The van der Waals surface area contributed by atoms with Gasteiger partial charge in [0, 0.05) is 29.5 Å². The van der Waals surface area contributed by atoms with Crippen LogP contribution in [0.15, 0.2) is 35.3 Å². The monoisotopic (exact) mass is 291 g/mol. The van der Waals surface area contributed by atoms with E-state index in [-0.39, 0.29) is 12.2 Å². The molecule has 0 aliphatic rings. The van der Waals surface area contributed by atoms with Crippen molar-refractivity contribution in [3.05, 3.63) is 52.3 Å². The van der Waals surface area contributed by atoms with Gasteiger partial charge in [0.2, 0.25) is 0 Å². The molecule has 0 aliphatic carbocycles. The molecule has 0 atom stereocenters. The first-order valence-corrected chi connectivity index (χ1v) is 5.86. The molecule has 2 rings (SSSR count). The molecule has 0 aromatic carbocycles. The van der Waals surface area contributed by atoms with E-state index in [0.29, 0.717) is 5.69 Å². The van der Waals surface area contributed by atoms with Gasteiger partial charge in [0.25, 0.3) is 0 Å². The summed E-state index contributed by atoms with van der Waals surface area (Å²) < 4.78 is 0.859. The van der Waals surface area contributed by atoms with Crippen molar-refractivity contribution >= 4 is 21.7 Å². The quantitative estimate of drug-likeness (QED) is 0.815. The lowest BCUT2D eigenvalue weighted by molar-refractivity contribution is 0.0987. The minimum absolute atomic E-state index is 0.0580. The van der Waals surface area contributed by atoms with Gasteiger partial charge in [-0.1, -0.05) is 0 Å². The molecular formula is C12H10BrN3O. The molecule has 86 valence electrons. The number of hydrogen-bond acceptors (Lipinski definition) is 4. The third-order valence-electron chi connectivity index (χ3n) is 2.19. The van der Waals surface area contributed by atoms with Gasteiger partial charge in [0.05, 0.1) is 11.9 Å². The van der Waals surface area contributed by atoms with Crippen molar-refractivity contribution in [2.45, 2.75) is 13.3 Å². The van der Waals surface area contributed by atoms with Crippen LogP contribution >= 0.6 is 15.9 Å². The molecule has 0 spiro atoms. The summed E-state index contributed by atoms with van der Waals surface area (Å²) in [6.45, 7) is 1.83. The van der Waals surface area contributed by atoms with Crippen LogP contribution in [0.25, 0.3) is 0 Å². The Bertz CT molecular complexity index is 540. The third-order valence-corrected chi connectivity index (χ3v) is 2.63. The molecule has 17 heavy (non-hydrogen) atoms. The zero-order valence-electron chi connectivity index (χ0n) is 9.22. The number of hydrogen-bond donors (Lipinski definition) is 0. The SMILES string of the molecule is Cc1cnc(C(=O)Cc2cncc(Br)c2)cn1. The van der Waals surface area contributed by atoms with E-state index in [1.165, 1.54) is 6.20 Å². The van der Waals surface area contributed by atoms with Crippen LogP contribution in [-0.2, 0) is 6.42 Å². The van der Waals surface area contributed by atoms with Crippen molar-refractivity contribution in [3.63, 3.8) is 0 Å². The normalized spacial score (nSPS) is 10.2. The summed E-state index contributed by atoms with van der Waals surface area (Å²) in [4.78, 5) is 24.0. The molecule has 0 saturated carbocycles. The number of halogens is 1. The van der Waals surface area contributed by atoms with E-state index in [2.05, 4.69) is 30.9 Å². The number of aryl methyl sites for hydroxylation is 1. The van der Waals surface area contributed by atoms with Gasteiger partial charge in [-0.3, -0.25) is 14.8 Å². The van der Waals surface area contributed by atoms with Crippen LogP contribution in [0.5, 0.6) is 0 Å². The fourth-order valence-electron chi connectivity index (χ4n) is 1.37. The first kappa shape index (κ1) is 11.9. The third kappa shape index (κ3) is 3.17. The highest BCUT2D eigenvalue weighted by Crippen LogP contribution is 2.11. The molecule has 0 aliphatic heterocycles. The number of nitrogens with zero attached hydrogens (tertiary/aromatic N) is 3. The van der Waals surface area contributed by atoms with Crippen LogP contribution in [0.4, 0.5) is 0 Å². The summed E-state index contributed by atoms with van der Waals surface area (Å²) in [5, 5.41) is 0. The van der Waals surface area contributed by atoms with Crippen molar-refractivity contribution in [2.75, 3.05) is 0 Å². The number of aromatic nitrogens is 3. The highest BCUT2D eigenvalue weighted by Gasteiger charge is 2.09. The van der Waals surface area contributed by atoms with Crippen LogP contribution in [-0.4, -0.2) is 20.7 Å². The lowest BCUT2D eigenvalue weighted by Gasteiger charge is -2.01. The summed E-state index contributed by atoms with van der Waals surface area (Å²) in [5.41, 5.74) is 2.04. The minimum Gasteiger partial charge on any atom is -0.292 e. The Morgan fingerprint density at radius 2 is 2.06 bits per heavy atom. The Labute approximate surface area is 107 Å². The average Bonchev–Trinajstić information content (AvgIpc) is 2.29. The molecule has 0 fully saturated rings. The Balaban J connectivity index is 2.14. The predicted molar refractivity (Wildman–Crippen MR) is 66.7 cm³/mol. The fourth-order valence-corrected chi connectivity index (χ4v) is 1.78. The summed E-state index contributed by atoms with van der Waals surface area (Å²) in [5.74, 6) is -0.0580. The van der Waals surface area contributed by atoms with Gasteiger partial charge >= 0.3 is 0 Å². The van der Waals surface area contributed by atoms with Crippen molar-refractivity contribution in [1.82, 2.24) is 15.0 Å². The maximum absolute atomic E-state index is 11.9.